The summed E-state index contributed by atoms with van der Waals surface area (Å²) in [7, 11) is 0. The van der Waals surface area contributed by atoms with Gasteiger partial charge >= 0.3 is 0 Å². The van der Waals surface area contributed by atoms with Gasteiger partial charge in [-0.05, 0) is 55.0 Å². The third kappa shape index (κ3) is 3.26. The number of aromatic nitrogens is 1. The van der Waals surface area contributed by atoms with Gasteiger partial charge in [-0.1, -0.05) is 34.1 Å². The smallest absolute Gasteiger partial charge is 0.227 e. The number of oxazole rings is 1. The minimum Gasteiger partial charge on any atom is -0.507 e. The molecule has 128 valence electrons. The molecular formula is C21H15BrN2O2. The predicted octanol–water partition coefficient (Wildman–Crippen LogP) is 6.02. The fraction of sp³-hybridized carbons (Fsp3) is 0.0476. The second-order valence-electron chi connectivity index (χ2n) is 5.96. The standard InChI is InChI=1S/C21H15BrN2O2/c1-13-9-17(23-12-15-10-16(22)7-8-19(15)25)11-18-20(13)26-21(24-18)14-5-3-2-4-6-14/h2-12,25H,1H3. The minimum absolute atomic E-state index is 0.183. The summed E-state index contributed by atoms with van der Waals surface area (Å²) in [5, 5.41) is 9.93. The third-order valence-electron chi connectivity index (χ3n) is 4.02. The van der Waals surface area contributed by atoms with Crippen LogP contribution in [0.1, 0.15) is 11.1 Å². The van der Waals surface area contributed by atoms with Gasteiger partial charge in [0.05, 0.1) is 5.69 Å². The van der Waals surface area contributed by atoms with Crippen molar-refractivity contribution in [3.05, 3.63) is 76.3 Å². The number of halogens is 1. The van der Waals surface area contributed by atoms with Gasteiger partial charge in [0.25, 0.3) is 0 Å². The molecule has 0 amide bonds. The van der Waals surface area contributed by atoms with E-state index >= 15 is 0 Å². The van der Waals surface area contributed by atoms with Crippen LogP contribution in [0.2, 0.25) is 0 Å². The first-order valence-corrected chi connectivity index (χ1v) is 8.88. The van der Waals surface area contributed by atoms with E-state index in [4.69, 9.17) is 4.42 Å². The van der Waals surface area contributed by atoms with Gasteiger partial charge in [-0.2, -0.15) is 0 Å². The number of rotatable bonds is 3. The molecule has 1 heterocycles. The molecule has 0 spiro atoms. The van der Waals surface area contributed by atoms with E-state index < -0.39 is 0 Å². The van der Waals surface area contributed by atoms with Crippen LogP contribution in [0.4, 0.5) is 5.69 Å². The summed E-state index contributed by atoms with van der Waals surface area (Å²) < 4.78 is 6.81. The van der Waals surface area contributed by atoms with Crippen molar-refractivity contribution in [2.45, 2.75) is 6.92 Å². The zero-order chi connectivity index (χ0) is 18.1. The molecule has 0 saturated heterocycles. The SMILES string of the molecule is Cc1cc(N=Cc2cc(Br)ccc2O)cc2nc(-c3ccccc3)oc12. The van der Waals surface area contributed by atoms with E-state index in [0.717, 1.165) is 32.4 Å². The van der Waals surface area contributed by atoms with Gasteiger partial charge in [-0.3, -0.25) is 4.99 Å². The van der Waals surface area contributed by atoms with Crippen molar-refractivity contribution in [2.75, 3.05) is 0 Å². The van der Waals surface area contributed by atoms with Crippen LogP contribution in [0.3, 0.4) is 0 Å². The lowest BCUT2D eigenvalue weighted by Crippen LogP contribution is -1.83. The van der Waals surface area contributed by atoms with Crippen molar-refractivity contribution in [2.24, 2.45) is 4.99 Å². The van der Waals surface area contributed by atoms with E-state index in [0.29, 0.717) is 11.5 Å². The second kappa shape index (κ2) is 6.77. The maximum absolute atomic E-state index is 9.93. The van der Waals surface area contributed by atoms with Crippen LogP contribution in [0.15, 0.2) is 74.5 Å². The summed E-state index contributed by atoms with van der Waals surface area (Å²) >= 11 is 3.40. The molecule has 0 saturated carbocycles. The summed E-state index contributed by atoms with van der Waals surface area (Å²) in [5.74, 6) is 0.775. The zero-order valence-corrected chi connectivity index (χ0v) is 15.6. The molecule has 0 radical (unpaired) electrons. The number of benzene rings is 3. The molecule has 1 aromatic heterocycles. The lowest BCUT2D eigenvalue weighted by Gasteiger charge is -2.00. The summed E-state index contributed by atoms with van der Waals surface area (Å²) in [6.45, 7) is 1.97. The third-order valence-corrected chi connectivity index (χ3v) is 4.52. The first-order valence-electron chi connectivity index (χ1n) is 8.09. The van der Waals surface area contributed by atoms with E-state index in [1.165, 1.54) is 0 Å². The van der Waals surface area contributed by atoms with Gasteiger partial charge in [0.15, 0.2) is 5.58 Å². The Morgan fingerprint density at radius 2 is 1.88 bits per heavy atom. The largest absolute Gasteiger partial charge is 0.507 e. The molecule has 26 heavy (non-hydrogen) atoms. The Balaban J connectivity index is 1.73. The van der Waals surface area contributed by atoms with Crippen molar-refractivity contribution in [1.82, 2.24) is 4.98 Å². The van der Waals surface area contributed by atoms with Crippen molar-refractivity contribution < 1.29 is 9.52 Å². The van der Waals surface area contributed by atoms with Crippen LogP contribution < -0.4 is 0 Å². The van der Waals surface area contributed by atoms with Gasteiger partial charge < -0.3 is 9.52 Å². The normalized spacial score (nSPS) is 11.5. The zero-order valence-electron chi connectivity index (χ0n) is 14.0. The van der Waals surface area contributed by atoms with E-state index in [1.54, 1.807) is 18.3 Å². The Labute approximate surface area is 159 Å². The summed E-state index contributed by atoms with van der Waals surface area (Å²) in [6.07, 6.45) is 1.64. The number of aliphatic imine (C=N–C) groups is 1. The summed E-state index contributed by atoms with van der Waals surface area (Å²) in [5.41, 5.74) is 4.81. The van der Waals surface area contributed by atoms with E-state index in [-0.39, 0.29) is 5.75 Å². The maximum Gasteiger partial charge on any atom is 0.227 e. The molecule has 0 aliphatic rings. The first kappa shape index (κ1) is 16.5. The van der Waals surface area contributed by atoms with Gasteiger partial charge in [-0.25, -0.2) is 4.98 Å². The van der Waals surface area contributed by atoms with E-state index in [2.05, 4.69) is 25.9 Å². The molecule has 0 fully saturated rings. The topological polar surface area (TPSA) is 58.6 Å². The van der Waals surface area contributed by atoms with Gasteiger partial charge in [0.2, 0.25) is 5.89 Å². The van der Waals surface area contributed by atoms with Crippen molar-refractivity contribution in [3.8, 4) is 17.2 Å². The number of nitrogens with zero attached hydrogens (tertiary/aromatic N) is 2. The lowest BCUT2D eigenvalue weighted by molar-refractivity contribution is 0.474. The Morgan fingerprint density at radius 1 is 1.08 bits per heavy atom. The molecule has 0 unspecified atom stereocenters. The first-order chi connectivity index (χ1) is 12.6. The maximum atomic E-state index is 9.93. The van der Waals surface area contributed by atoms with Crippen LogP contribution in [0, 0.1) is 6.92 Å². The number of aryl methyl sites for hydroxylation is 1. The van der Waals surface area contributed by atoms with Crippen molar-refractivity contribution in [3.63, 3.8) is 0 Å². The molecule has 4 nitrogen and oxygen atoms in total. The number of hydrogen-bond acceptors (Lipinski definition) is 4. The highest BCUT2D eigenvalue weighted by Gasteiger charge is 2.11. The molecule has 5 heteroatoms. The molecule has 0 bridgehead atoms. The van der Waals surface area contributed by atoms with Crippen molar-refractivity contribution >= 4 is 38.9 Å². The molecule has 4 rings (SSSR count). The molecule has 0 aliphatic carbocycles. The van der Waals surface area contributed by atoms with E-state index in [9.17, 15) is 5.11 Å². The fourth-order valence-electron chi connectivity index (χ4n) is 2.73. The van der Waals surface area contributed by atoms with Crippen LogP contribution in [-0.4, -0.2) is 16.3 Å². The van der Waals surface area contributed by atoms with E-state index in [1.807, 2.05) is 55.5 Å². The number of aromatic hydroxyl groups is 1. The molecule has 0 atom stereocenters. The molecule has 3 aromatic carbocycles. The average Bonchev–Trinajstić information content (AvgIpc) is 3.08. The fourth-order valence-corrected chi connectivity index (χ4v) is 3.11. The quantitative estimate of drug-likeness (QED) is 0.423. The van der Waals surface area contributed by atoms with Crippen molar-refractivity contribution in [1.29, 1.82) is 0 Å². The number of fused-ring (bicyclic) bond motifs is 1. The Hall–Kier alpha value is -2.92. The Morgan fingerprint density at radius 3 is 2.69 bits per heavy atom. The minimum atomic E-state index is 0.183. The van der Waals surface area contributed by atoms with Gasteiger partial charge in [0.1, 0.15) is 11.3 Å². The Kier molecular flexibility index (Phi) is 4.31. The molecule has 1 N–H and O–H groups in total. The molecule has 4 aromatic rings. The number of phenols is 1. The highest BCUT2D eigenvalue weighted by Crippen LogP contribution is 2.30. The van der Waals surface area contributed by atoms with Gasteiger partial charge in [-0.15, -0.1) is 0 Å². The summed E-state index contributed by atoms with van der Waals surface area (Å²) in [4.78, 5) is 9.08. The lowest BCUT2D eigenvalue weighted by atomic mass is 10.2. The summed E-state index contributed by atoms with van der Waals surface area (Å²) in [6, 6.07) is 18.8. The van der Waals surface area contributed by atoms with Gasteiger partial charge in [0, 0.05) is 21.8 Å². The molecular weight excluding hydrogens is 392 g/mol. The van der Waals surface area contributed by atoms with Crippen LogP contribution >= 0.6 is 15.9 Å². The second-order valence-corrected chi connectivity index (χ2v) is 6.87. The Bertz CT molecular complexity index is 1120. The van der Waals surface area contributed by atoms with Crippen LogP contribution in [0.5, 0.6) is 5.75 Å². The van der Waals surface area contributed by atoms with Crippen LogP contribution in [-0.2, 0) is 0 Å². The monoisotopic (exact) mass is 406 g/mol. The highest BCUT2D eigenvalue weighted by molar-refractivity contribution is 9.10. The highest BCUT2D eigenvalue weighted by atomic mass is 79.9. The van der Waals surface area contributed by atoms with Crippen LogP contribution in [0.25, 0.3) is 22.6 Å². The average molecular weight is 407 g/mol. The molecule has 0 aliphatic heterocycles. The number of phenolic OH excluding ortho intramolecular Hbond substituents is 1. The predicted molar refractivity (Wildman–Crippen MR) is 107 cm³/mol. The number of hydrogen-bond donors (Lipinski definition) is 1.